The summed E-state index contributed by atoms with van der Waals surface area (Å²) in [6.07, 6.45) is 4.67. The topological polar surface area (TPSA) is 79.2 Å². The van der Waals surface area contributed by atoms with Gasteiger partial charge in [0.15, 0.2) is 0 Å². The molecule has 0 bridgehead atoms. The van der Waals surface area contributed by atoms with Crippen LogP contribution in [0.25, 0.3) is 11.0 Å². The van der Waals surface area contributed by atoms with Gasteiger partial charge in [-0.15, -0.1) is 0 Å². The summed E-state index contributed by atoms with van der Waals surface area (Å²) >= 11 is 0. The van der Waals surface area contributed by atoms with E-state index in [2.05, 4.69) is 29.0 Å². The van der Waals surface area contributed by atoms with E-state index < -0.39 is 0 Å². The van der Waals surface area contributed by atoms with E-state index >= 15 is 0 Å². The third kappa shape index (κ3) is 3.72. The number of hydrogen-bond acceptors (Lipinski definition) is 4. The van der Waals surface area contributed by atoms with Gasteiger partial charge in [-0.05, 0) is 43.9 Å². The van der Waals surface area contributed by atoms with Crippen LogP contribution in [0.4, 0.5) is 0 Å². The number of fused-ring (bicyclic) bond motifs is 1. The quantitative estimate of drug-likeness (QED) is 0.754. The van der Waals surface area contributed by atoms with E-state index in [4.69, 9.17) is 4.42 Å². The molecular weight excluding hydrogens is 354 g/mol. The lowest BCUT2D eigenvalue weighted by Gasteiger charge is -2.31. The molecule has 1 aliphatic rings. The molecular formula is C22H25N3O3. The highest BCUT2D eigenvalue weighted by molar-refractivity contribution is 5.88. The number of nitrogens with one attached hydrogen (secondary N) is 1. The zero-order chi connectivity index (χ0) is 19.7. The number of H-pyrrole nitrogens is 1. The number of rotatable bonds is 4. The lowest BCUT2D eigenvalue weighted by atomic mass is 9.93. The fourth-order valence-electron chi connectivity index (χ4n) is 4.00. The van der Waals surface area contributed by atoms with Crippen molar-refractivity contribution in [3.8, 4) is 0 Å². The third-order valence-corrected chi connectivity index (χ3v) is 5.61. The molecule has 1 fully saturated rings. The van der Waals surface area contributed by atoms with Crippen LogP contribution in [0, 0.1) is 6.92 Å². The molecule has 0 aliphatic carbocycles. The first-order chi connectivity index (χ1) is 13.5. The Morgan fingerprint density at radius 1 is 1.29 bits per heavy atom. The van der Waals surface area contributed by atoms with Crippen LogP contribution in [-0.2, 0) is 17.6 Å². The monoisotopic (exact) mass is 379 g/mol. The average molecular weight is 379 g/mol. The van der Waals surface area contributed by atoms with Gasteiger partial charge in [-0.1, -0.05) is 13.0 Å². The van der Waals surface area contributed by atoms with Gasteiger partial charge in [-0.25, -0.2) is 4.98 Å². The molecule has 4 rings (SSSR count). The predicted molar refractivity (Wildman–Crippen MR) is 107 cm³/mol. The first-order valence-corrected chi connectivity index (χ1v) is 9.88. The molecule has 6 heteroatoms. The molecule has 1 saturated heterocycles. The Labute approximate surface area is 163 Å². The third-order valence-electron chi connectivity index (χ3n) is 5.61. The standard InChI is InChI=1S/C22H25N3O3/c1-3-15-4-5-20-18(10-15)17(13-28-20)11-22(27)25-8-6-16(7-9-25)19-12-21(26)24-14(2)23-19/h4-5,10,12-13,16H,3,6-9,11H2,1-2H3,(H,23,24,26). The Morgan fingerprint density at radius 2 is 2.07 bits per heavy atom. The van der Waals surface area contributed by atoms with Crippen LogP contribution in [0.15, 0.2) is 39.7 Å². The van der Waals surface area contributed by atoms with Gasteiger partial charge in [0.25, 0.3) is 5.56 Å². The number of carbonyl (C=O) groups is 1. The molecule has 0 radical (unpaired) electrons. The summed E-state index contributed by atoms with van der Waals surface area (Å²) in [5.74, 6) is 0.990. The molecule has 1 aliphatic heterocycles. The van der Waals surface area contributed by atoms with E-state index in [-0.39, 0.29) is 17.4 Å². The van der Waals surface area contributed by atoms with Crippen LogP contribution in [0.1, 0.15) is 48.3 Å². The Kier molecular flexibility index (Phi) is 5.03. The van der Waals surface area contributed by atoms with E-state index in [9.17, 15) is 9.59 Å². The van der Waals surface area contributed by atoms with Crippen molar-refractivity contribution < 1.29 is 9.21 Å². The van der Waals surface area contributed by atoms with Gasteiger partial charge in [0, 0.05) is 36.0 Å². The maximum Gasteiger partial charge on any atom is 0.251 e. The number of amides is 1. The summed E-state index contributed by atoms with van der Waals surface area (Å²) < 4.78 is 5.62. The lowest BCUT2D eigenvalue weighted by Crippen LogP contribution is -2.39. The minimum Gasteiger partial charge on any atom is -0.464 e. The summed E-state index contributed by atoms with van der Waals surface area (Å²) in [7, 11) is 0. The van der Waals surface area contributed by atoms with Crippen molar-refractivity contribution in [2.24, 2.45) is 0 Å². The minimum absolute atomic E-state index is 0.112. The van der Waals surface area contributed by atoms with Crippen LogP contribution in [-0.4, -0.2) is 33.9 Å². The van der Waals surface area contributed by atoms with Gasteiger partial charge in [0.2, 0.25) is 5.91 Å². The SMILES string of the molecule is CCc1ccc2occ(CC(=O)N3CCC(c4cc(=O)[nH]c(C)n4)CC3)c2c1. The highest BCUT2D eigenvalue weighted by Gasteiger charge is 2.25. The minimum atomic E-state index is -0.112. The van der Waals surface area contributed by atoms with Crippen molar-refractivity contribution >= 4 is 16.9 Å². The van der Waals surface area contributed by atoms with Crippen molar-refractivity contribution in [2.45, 2.75) is 45.4 Å². The molecule has 0 saturated carbocycles. The molecule has 1 amide bonds. The summed E-state index contributed by atoms with van der Waals surface area (Å²) in [6, 6.07) is 7.74. The fourth-order valence-corrected chi connectivity index (χ4v) is 4.00. The van der Waals surface area contributed by atoms with Crippen LogP contribution in [0.2, 0.25) is 0 Å². The zero-order valence-corrected chi connectivity index (χ0v) is 16.3. The zero-order valence-electron chi connectivity index (χ0n) is 16.3. The highest BCUT2D eigenvalue weighted by Crippen LogP contribution is 2.28. The van der Waals surface area contributed by atoms with E-state index in [0.717, 1.165) is 41.5 Å². The number of furan rings is 1. The lowest BCUT2D eigenvalue weighted by molar-refractivity contribution is -0.131. The molecule has 2 aromatic heterocycles. The Bertz CT molecular complexity index is 1060. The molecule has 3 heterocycles. The maximum atomic E-state index is 12.8. The fraction of sp³-hybridized carbons (Fsp3) is 0.409. The summed E-state index contributed by atoms with van der Waals surface area (Å²) in [6.45, 7) is 5.29. The number of carbonyl (C=O) groups excluding carboxylic acids is 1. The number of hydrogen-bond donors (Lipinski definition) is 1. The van der Waals surface area contributed by atoms with E-state index in [1.54, 1.807) is 19.3 Å². The number of aromatic nitrogens is 2. The Hall–Kier alpha value is -2.89. The molecule has 146 valence electrons. The summed E-state index contributed by atoms with van der Waals surface area (Å²) in [4.78, 5) is 33.6. The highest BCUT2D eigenvalue weighted by atomic mass is 16.3. The van der Waals surface area contributed by atoms with Crippen LogP contribution >= 0.6 is 0 Å². The first kappa shape index (κ1) is 18.5. The number of aryl methyl sites for hydroxylation is 2. The molecule has 1 N–H and O–H groups in total. The van der Waals surface area contributed by atoms with Crippen LogP contribution in [0.3, 0.4) is 0 Å². The number of likely N-dealkylation sites (tertiary alicyclic amines) is 1. The molecule has 3 aromatic rings. The second-order valence-electron chi connectivity index (χ2n) is 7.53. The van der Waals surface area contributed by atoms with Gasteiger partial charge in [-0.3, -0.25) is 9.59 Å². The number of piperidine rings is 1. The molecule has 0 unspecified atom stereocenters. The largest absolute Gasteiger partial charge is 0.464 e. The molecule has 0 atom stereocenters. The second kappa shape index (κ2) is 7.62. The van der Waals surface area contributed by atoms with Gasteiger partial charge in [0.05, 0.1) is 18.4 Å². The first-order valence-electron chi connectivity index (χ1n) is 9.88. The van der Waals surface area contributed by atoms with Gasteiger partial charge in [0.1, 0.15) is 11.4 Å². The number of nitrogens with zero attached hydrogens (tertiary/aromatic N) is 2. The van der Waals surface area contributed by atoms with Crippen molar-refractivity contribution in [3.63, 3.8) is 0 Å². The molecule has 6 nitrogen and oxygen atoms in total. The van der Waals surface area contributed by atoms with E-state index in [1.165, 1.54) is 5.56 Å². The molecule has 28 heavy (non-hydrogen) atoms. The Balaban J connectivity index is 1.42. The van der Waals surface area contributed by atoms with E-state index in [0.29, 0.717) is 25.3 Å². The summed E-state index contributed by atoms with van der Waals surface area (Å²) in [5, 5.41) is 1.03. The average Bonchev–Trinajstić information content (AvgIpc) is 3.09. The molecule has 1 aromatic carbocycles. The van der Waals surface area contributed by atoms with Crippen molar-refractivity contribution in [3.05, 3.63) is 63.5 Å². The van der Waals surface area contributed by atoms with E-state index in [1.807, 2.05) is 11.0 Å². The summed E-state index contributed by atoms with van der Waals surface area (Å²) in [5.41, 5.74) is 3.74. The number of aromatic amines is 1. The van der Waals surface area contributed by atoms with Crippen molar-refractivity contribution in [2.75, 3.05) is 13.1 Å². The smallest absolute Gasteiger partial charge is 0.251 e. The maximum absolute atomic E-state index is 12.8. The van der Waals surface area contributed by atoms with Crippen LogP contribution < -0.4 is 5.56 Å². The molecule has 0 spiro atoms. The van der Waals surface area contributed by atoms with Crippen LogP contribution in [0.5, 0.6) is 0 Å². The predicted octanol–water partition coefficient (Wildman–Crippen LogP) is 3.34. The van der Waals surface area contributed by atoms with Crippen molar-refractivity contribution in [1.29, 1.82) is 0 Å². The normalized spacial score (nSPS) is 15.3. The van der Waals surface area contributed by atoms with Gasteiger partial charge < -0.3 is 14.3 Å². The van der Waals surface area contributed by atoms with Gasteiger partial charge in [-0.2, -0.15) is 0 Å². The Morgan fingerprint density at radius 3 is 2.79 bits per heavy atom. The van der Waals surface area contributed by atoms with Gasteiger partial charge >= 0.3 is 0 Å². The second-order valence-corrected chi connectivity index (χ2v) is 7.53. The number of benzene rings is 1. The van der Waals surface area contributed by atoms with Crippen molar-refractivity contribution in [1.82, 2.24) is 14.9 Å².